The van der Waals surface area contributed by atoms with Crippen molar-refractivity contribution in [3.05, 3.63) is 42.0 Å². The third-order valence-electron chi connectivity index (χ3n) is 9.38. The van der Waals surface area contributed by atoms with E-state index >= 15 is 0 Å². The highest BCUT2D eigenvalue weighted by molar-refractivity contribution is 6.76. The van der Waals surface area contributed by atoms with Crippen molar-refractivity contribution >= 4 is 21.7 Å². The summed E-state index contributed by atoms with van der Waals surface area (Å²) in [6.07, 6.45) is 17.3. The predicted octanol–water partition coefficient (Wildman–Crippen LogP) is 7.10. The first-order valence-corrected chi connectivity index (χ1v) is 24.8. The number of allylic oxidation sites excluding steroid dienone is 1. The van der Waals surface area contributed by atoms with Crippen LogP contribution >= 0.6 is 0 Å². The molecule has 0 atom stereocenters. The largest absolute Gasteiger partial charge is 0.360 e. The summed E-state index contributed by atoms with van der Waals surface area (Å²) in [6, 6.07) is 2.39. The predicted molar refractivity (Wildman–Crippen MR) is 185 cm³/mol. The summed E-state index contributed by atoms with van der Waals surface area (Å²) < 4.78 is 38.4. The molecule has 3 fully saturated rings. The van der Waals surface area contributed by atoms with Crippen LogP contribution in [0, 0.1) is 0 Å². The van der Waals surface area contributed by atoms with E-state index in [-0.39, 0.29) is 11.6 Å². The Morgan fingerprint density at radius 3 is 1.83 bits per heavy atom. The van der Waals surface area contributed by atoms with E-state index in [0.717, 1.165) is 84.6 Å². The van der Waals surface area contributed by atoms with Crippen LogP contribution in [0.1, 0.15) is 62.0 Å². The van der Waals surface area contributed by atoms with Crippen molar-refractivity contribution in [3.8, 4) is 0 Å². The Labute approximate surface area is 278 Å². The fourth-order valence-corrected chi connectivity index (χ4v) is 7.85. The van der Waals surface area contributed by atoms with Gasteiger partial charge in [0, 0.05) is 73.0 Å². The Morgan fingerprint density at radius 2 is 1.28 bits per heavy atom. The SMILES string of the molecule is C[Si](C)(C)CCOCn1cc(C2=CCC3(CC2)OCCO3)cn1.C[Si](C)(C)CCOCn1cc(C2CCC3(CC2)OCCO3)cn1. The zero-order chi connectivity index (χ0) is 32.7. The first-order chi connectivity index (χ1) is 21.9. The lowest BCUT2D eigenvalue weighted by Gasteiger charge is -2.35. The van der Waals surface area contributed by atoms with Crippen molar-refractivity contribution in [3.63, 3.8) is 0 Å². The van der Waals surface area contributed by atoms with Gasteiger partial charge in [0.2, 0.25) is 0 Å². The molecule has 1 saturated carbocycles. The van der Waals surface area contributed by atoms with Gasteiger partial charge in [-0.3, -0.25) is 0 Å². The third kappa shape index (κ3) is 10.7. The molecule has 2 aliphatic heterocycles. The molecule has 0 N–H and O–H groups in total. The van der Waals surface area contributed by atoms with Crippen LogP contribution in [0.5, 0.6) is 0 Å². The topological polar surface area (TPSA) is 91.0 Å². The lowest BCUT2D eigenvalue weighted by molar-refractivity contribution is -0.178. The first-order valence-electron chi connectivity index (χ1n) is 17.4. The summed E-state index contributed by atoms with van der Waals surface area (Å²) in [5.74, 6) is -0.0459. The summed E-state index contributed by atoms with van der Waals surface area (Å²) in [5, 5.41) is 8.87. The molecule has 258 valence electrons. The van der Waals surface area contributed by atoms with Gasteiger partial charge in [0.25, 0.3) is 0 Å². The van der Waals surface area contributed by atoms with Crippen molar-refractivity contribution < 1.29 is 28.4 Å². The van der Waals surface area contributed by atoms with Crippen molar-refractivity contribution in [2.75, 3.05) is 39.6 Å². The monoisotopic (exact) mass is 674 g/mol. The zero-order valence-corrected chi connectivity index (χ0v) is 31.2. The van der Waals surface area contributed by atoms with Gasteiger partial charge >= 0.3 is 0 Å². The minimum atomic E-state index is -1.02. The van der Waals surface area contributed by atoms with Crippen LogP contribution in [0.2, 0.25) is 51.4 Å². The number of hydrogen-bond acceptors (Lipinski definition) is 8. The highest BCUT2D eigenvalue weighted by atomic mass is 28.3. The Balaban J connectivity index is 0.000000181. The maximum absolute atomic E-state index is 5.80. The summed E-state index contributed by atoms with van der Waals surface area (Å²) >= 11 is 0. The van der Waals surface area contributed by atoms with Gasteiger partial charge in [-0.2, -0.15) is 10.2 Å². The van der Waals surface area contributed by atoms with Crippen LogP contribution in [-0.4, -0.2) is 86.9 Å². The Hall–Kier alpha value is -1.65. The van der Waals surface area contributed by atoms with Crippen LogP contribution in [0.3, 0.4) is 0 Å². The molecule has 2 aliphatic carbocycles. The van der Waals surface area contributed by atoms with Gasteiger partial charge in [-0.15, -0.1) is 0 Å². The summed E-state index contributed by atoms with van der Waals surface area (Å²) in [5.41, 5.74) is 3.85. The zero-order valence-electron chi connectivity index (χ0n) is 29.2. The number of nitrogens with zero attached hydrogens (tertiary/aromatic N) is 4. The minimum absolute atomic E-state index is 0.271. The molecule has 2 aromatic heterocycles. The van der Waals surface area contributed by atoms with Gasteiger partial charge < -0.3 is 28.4 Å². The highest BCUT2D eigenvalue weighted by Gasteiger charge is 2.41. The van der Waals surface area contributed by atoms with E-state index in [1.807, 2.05) is 21.8 Å². The molecule has 2 spiro atoms. The quantitative estimate of drug-likeness (QED) is 0.174. The minimum Gasteiger partial charge on any atom is -0.360 e. The molecule has 0 bridgehead atoms. The second-order valence-electron chi connectivity index (χ2n) is 15.7. The molecule has 4 heterocycles. The molecular formula is C34H58N4O6Si2. The van der Waals surface area contributed by atoms with Crippen LogP contribution in [0.4, 0.5) is 0 Å². The third-order valence-corrected chi connectivity index (χ3v) is 12.8. The van der Waals surface area contributed by atoms with Gasteiger partial charge in [0.15, 0.2) is 11.6 Å². The average Bonchev–Trinajstić information content (AvgIpc) is 3.83. The molecule has 2 aromatic rings. The standard InChI is InChI=1S/C17H30N2O3Si.C17H28N2O3Si/c2*1-23(2,3)11-10-20-14-19-13-16(12-18-19)15-4-6-17(7-5-15)21-8-9-22-17/h12-13,15H,4-11,14H2,1-3H3;4,12-13H,5-11,14H2,1-3H3. The summed E-state index contributed by atoms with van der Waals surface area (Å²) in [7, 11) is -2.03. The normalized spacial score (nSPS) is 21.5. The molecule has 2 saturated heterocycles. The Bertz CT molecular complexity index is 1240. The molecule has 4 aliphatic rings. The van der Waals surface area contributed by atoms with E-state index in [4.69, 9.17) is 28.4 Å². The van der Waals surface area contributed by atoms with Crippen molar-refractivity contribution in [1.29, 1.82) is 0 Å². The maximum atomic E-state index is 5.80. The molecular weight excluding hydrogens is 617 g/mol. The molecule has 0 unspecified atom stereocenters. The fraction of sp³-hybridized carbons (Fsp3) is 0.765. The molecule has 6 rings (SSSR count). The highest BCUT2D eigenvalue weighted by Crippen LogP contribution is 2.42. The van der Waals surface area contributed by atoms with Gasteiger partial charge in [-0.05, 0) is 48.4 Å². The second-order valence-corrected chi connectivity index (χ2v) is 26.9. The number of rotatable bonds is 12. The number of aromatic nitrogens is 4. The van der Waals surface area contributed by atoms with Gasteiger partial charge in [0.05, 0.1) is 38.8 Å². The average molecular weight is 675 g/mol. The van der Waals surface area contributed by atoms with E-state index in [9.17, 15) is 0 Å². The van der Waals surface area contributed by atoms with Gasteiger partial charge in [-0.25, -0.2) is 9.36 Å². The van der Waals surface area contributed by atoms with E-state index in [1.54, 1.807) is 0 Å². The fourth-order valence-electron chi connectivity index (χ4n) is 6.34. The van der Waals surface area contributed by atoms with E-state index in [0.29, 0.717) is 19.4 Å². The summed E-state index contributed by atoms with van der Waals surface area (Å²) in [4.78, 5) is 0. The van der Waals surface area contributed by atoms with Crippen LogP contribution < -0.4 is 0 Å². The first kappa shape index (κ1) is 35.7. The van der Waals surface area contributed by atoms with E-state index in [1.165, 1.54) is 28.8 Å². The number of ether oxygens (including phenoxy) is 6. The van der Waals surface area contributed by atoms with Gasteiger partial charge in [0.1, 0.15) is 13.5 Å². The molecule has 46 heavy (non-hydrogen) atoms. The molecule has 0 radical (unpaired) electrons. The van der Waals surface area contributed by atoms with Crippen LogP contribution in [-0.2, 0) is 41.9 Å². The Morgan fingerprint density at radius 1 is 0.739 bits per heavy atom. The van der Waals surface area contributed by atoms with Gasteiger partial charge in [-0.1, -0.05) is 45.4 Å². The lowest BCUT2D eigenvalue weighted by atomic mass is 9.82. The molecule has 12 heteroatoms. The molecule has 10 nitrogen and oxygen atoms in total. The smallest absolute Gasteiger partial charge is 0.172 e. The van der Waals surface area contributed by atoms with Crippen molar-refractivity contribution in [1.82, 2.24) is 19.6 Å². The van der Waals surface area contributed by atoms with Crippen molar-refractivity contribution in [2.45, 2.75) is 127 Å². The van der Waals surface area contributed by atoms with Crippen molar-refractivity contribution in [2.24, 2.45) is 0 Å². The molecule has 0 aromatic carbocycles. The van der Waals surface area contributed by atoms with E-state index < -0.39 is 16.1 Å². The van der Waals surface area contributed by atoms with Crippen LogP contribution in [0.15, 0.2) is 30.9 Å². The maximum Gasteiger partial charge on any atom is 0.172 e. The second kappa shape index (κ2) is 15.7. The van der Waals surface area contributed by atoms with E-state index in [2.05, 4.69) is 67.9 Å². The lowest BCUT2D eigenvalue weighted by Crippen LogP contribution is -2.34. The summed E-state index contributed by atoms with van der Waals surface area (Å²) in [6.45, 7) is 19.9. The van der Waals surface area contributed by atoms with Crippen LogP contribution in [0.25, 0.3) is 5.57 Å². The molecule has 0 amide bonds. The Kier molecular flexibility index (Phi) is 12.2. The number of hydrogen-bond donors (Lipinski definition) is 0.